The molecule has 132 valence electrons. The van der Waals surface area contributed by atoms with Crippen molar-refractivity contribution in [2.24, 2.45) is 0 Å². The SMILES string of the molecule is O=C1CCc2cc(OCCN3CCCC(c4ccn[nH]4)C3)ccc2N1. The summed E-state index contributed by atoms with van der Waals surface area (Å²) in [5.41, 5.74) is 3.32. The van der Waals surface area contributed by atoms with E-state index in [9.17, 15) is 4.79 Å². The van der Waals surface area contributed by atoms with Crippen molar-refractivity contribution in [3.63, 3.8) is 0 Å². The first-order chi connectivity index (χ1) is 12.3. The Labute approximate surface area is 147 Å². The summed E-state index contributed by atoms with van der Waals surface area (Å²) in [5, 5.41) is 10.1. The number of piperidine rings is 1. The van der Waals surface area contributed by atoms with Crippen LogP contribution in [0.15, 0.2) is 30.5 Å². The topological polar surface area (TPSA) is 70.2 Å². The largest absolute Gasteiger partial charge is 0.492 e. The molecule has 1 unspecified atom stereocenters. The first-order valence-electron chi connectivity index (χ1n) is 9.05. The molecule has 0 bridgehead atoms. The number of carbonyl (C=O) groups is 1. The number of hydrogen-bond donors (Lipinski definition) is 2. The van der Waals surface area contributed by atoms with Crippen molar-refractivity contribution < 1.29 is 9.53 Å². The molecule has 25 heavy (non-hydrogen) atoms. The van der Waals surface area contributed by atoms with Gasteiger partial charge in [0, 0.05) is 43.0 Å². The molecule has 3 heterocycles. The number of nitrogens with one attached hydrogen (secondary N) is 2. The van der Waals surface area contributed by atoms with Crippen LogP contribution in [0.2, 0.25) is 0 Å². The molecule has 2 aliphatic rings. The number of aryl methyl sites for hydroxylation is 1. The lowest BCUT2D eigenvalue weighted by molar-refractivity contribution is -0.116. The van der Waals surface area contributed by atoms with Gasteiger partial charge in [-0.05, 0) is 55.6 Å². The second-order valence-electron chi connectivity index (χ2n) is 6.87. The maximum atomic E-state index is 11.4. The summed E-state index contributed by atoms with van der Waals surface area (Å²) in [6, 6.07) is 8.01. The number of ether oxygens (including phenoxy) is 1. The number of nitrogens with zero attached hydrogens (tertiary/aromatic N) is 2. The second-order valence-corrected chi connectivity index (χ2v) is 6.87. The van der Waals surface area contributed by atoms with E-state index in [2.05, 4.69) is 32.5 Å². The number of amides is 1. The summed E-state index contributed by atoms with van der Waals surface area (Å²) in [5.74, 6) is 1.53. The average Bonchev–Trinajstić information content (AvgIpc) is 3.17. The minimum atomic E-state index is 0.0955. The number of hydrogen-bond acceptors (Lipinski definition) is 4. The van der Waals surface area contributed by atoms with E-state index in [1.165, 1.54) is 18.5 Å². The number of carbonyl (C=O) groups excluding carboxylic acids is 1. The normalized spacial score (nSPS) is 20.8. The number of likely N-dealkylation sites (tertiary alicyclic amines) is 1. The van der Waals surface area contributed by atoms with E-state index in [1.54, 1.807) is 0 Å². The Kier molecular flexibility index (Phi) is 4.70. The van der Waals surface area contributed by atoms with Crippen molar-refractivity contribution in [2.45, 2.75) is 31.6 Å². The highest BCUT2D eigenvalue weighted by atomic mass is 16.5. The van der Waals surface area contributed by atoms with Crippen LogP contribution in [0.5, 0.6) is 5.75 Å². The number of H-pyrrole nitrogens is 1. The van der Waals surface area contributed by atoms with E-state index in [4.69, 9.17) is 4.74 Å². The first kappa shape index (κ1) is 16.1. The zero-order chi connectivity index (χ0) is 17.1. The molecule has 2 aromatic rings. The maximum Gasteiger partial charge on any atom is 0.224 e. The molecule has 0 saturated carbocycles. The maximum absolute atomic E-state index is 11.4. The fourth-order valence-corrected chi connectivity index (χ4v) is 3.75. The van der Waals surface area contributed by atoms with Gasteiger partial charge in [0.2, 0.25) is 5.91 Å². The van der Waals surface area contributed by atoms with Crippen LogP contribution in [0, 0.1) is 0 Å². The van der Waals surface area contributed by atoms with Gasteiger partial charge in [-0.1, -0.05) is 0 Å². The molecule has 0 radical (unpaired) electrons. The molecule has 2 N–H and O–H groups in total. The number of benzene rings is 1. The Bertz CT molecular complexity index is 729. The number of aromatic amines is 1. The van der Waals surface area contributed by atoms with Crippen molar-refractivity contribution in [1.82, 2.24) is 15.1 Å². The van der Waals surface area contributed by atoms with Gasteiger partial charge in [-0.2, -0.15) is 5.10 Å². The van der Waals surface area contributed by atoms with E-state index < -0.39 is 0 Å². The molecule has 1 saturated heterocycles. The predicted molar refractivity (Wildman–Crippen MR) is 95.9 cm³/mol. The Balaban J connectivity index is 1.28. The smallest absolute Gasteiger partial charge is 0.224 e. The van der Waals surface area contributed by atoms with Crippen LogP contribution in [0.1, 0.15) is 36.4 Å². The Morgan fingerprint density at radius 3 is 3.12 bits per heavy atom. The predicted octanol–water partition coefficient (Wildman–Crippen LogP) is 2.55. The zero-order valence-electron chi connectivity index (χ0n) is 14.3. The molecule has 6 heteroatoms. The number of anilines is 1. The van der Waals surface area contributed by atoms with Gasteiger partial charge in [0.15, 0.2) is 0 Å². The molecule has 0 aliphatic carbocycles. The molecule has 1 aromatic heterocycles. The summed E-state index contributed by atoms with van der Waals surface area (Å²) in [6.45, 7) is 3.80. The van der Waals surface area contributed by atoms with Crippen LogP contribution in [-0.2, 0) is 11.2 Å². The molecule has 1 aromatic carbocycles. The highest BCUT2D eigenvalue weighted by Crippen LogP contribution is 2.27. The standard InChI is InChI=1S/C19H24N4O2/c24-19-6-3-14-12-16(4-5-17(14)21-19)25-11-10-23-9-1-2-15(13-23)18-7-8-20-22-18/h4-5,7-8,12,15H,1-3,6,9-11,13H2,(H,20,22)(H,21,24). The lowest BCUT2D eigenvalue weighted by Crippen LogP contribution is -2.37. The lowest BCUT2D eigenvalue weighted by Gasteiger charge is -2.32. The molecule has 1 amide bonds. The van der Waals surface area contributed by atoms with E-state index in [0.29, 0.717) is 18.9 Å². The average molecular weight is 340 g/mol. The van der Waals surface area contributed by atoms with Gasteiger partial charge in [-0.3, -0.25) is 14.8 Å². The van der Waals surface area contributed by atoms with Crippen LogP contribution in [0.25, 0.3) is 0 Å². The summed E-state index contributed by atoms with van der Waals surface area (Å²) in [4.78, 5) is 13.9. The molecular formula is C19H24N4O2. The Morgan fingerprint density at radius 1 is 1.28 bits per heavy atom. The fourth-order valence-electron chi connectivity index (χ4n) is 3.75. The molecule has 0 spiro atoms. The van der Waals surface area contributed by atoms with Crippen molar-refractivity contribution in [2.75, 3.05) is 31.6 Å². The van der Waals surface area contributed by atoms with E-state index in [1.807, 2.05) is 18.3 Å². The van der Waals surface area contributed by atoms with Gasteiger partial charge in [-0.25, -0.2) is 0 Å². The van der Waals surface area contributed by atoms with Crippen molar-refractivity contribution >= 4 is 11.6 Å². The van der Waals surface area contributed by atoms with Crippen LogP contribution in [0.3, 0.4) is 0 Å². The second kappa shape index (κ2) is 7.27. The summed E-state index contributed by atoms with van der Waals surface area (Å²) >= 11 is 0. The summed E-state index contributed by atoms with van der Waals surface area (Å²) in [7, 11) is 0. The van der Waals surface area contributed by atoms with Gasteiger partial charge in [-0.15, -0.1) is 0 Å². The molecule has 6 nitrogen and oxygen atoms in total. The lowest BCUT2D eigenvalue weighted by atomic mass is 9.95. The van der Waals surface area contributed by atoms with Crippen molar-refractivity contribution in [1.29, 1.82) is 0 Å². The minimum absolute atomic E-state index is 0.0955. The van der Waals surface area contributed by atoms with E-state index in [0.717, 1.165) is 43.1 Å². The van der Waals surface area contributed by atoms with Crippen molar-refractivity contribution in [3.05, 3.63) is 41.7 Å². The third-order valence-corrected chi connectivity index (χ3v) is 5.12. The van der Waals surface area contributed by atoms with Gasteiger partial charge >= 0.3 is 0 Å². The van der Waals surface area contributed by atoms with Gasteiger partial charge in [0.25, 0.3) is 0 Å². The van der Waals surface area contributed by atoms with Crippen LogP contribution < -0.4 is 10.1 Å². The molecule has 1 fully saturated rings. The summed E-state index contributed by atoms with van der Waals surface area (Å²) in [6.07, 6.45) is 5.60. The first-order valence-corrected chi connectivity index (χ1v) is 9.05. The Morgan fingerprint density at radius 2 is 2.24 bits per heavy atom. The minimum Gasteiger partial charge on any atom is -0.492 e. The molecule has 1 atom stereocenters. The third kappa shape index (κ3) is 3.85. The zero-order valence-corrected chi connectivity index (χ0v) is 14.3. The number of fused-ring (bicyclic) bond motifs is 1. The van der Waals surface area contributed by atoms with Crippen LogP contribution in [-0.4, -0.2) is 47.2 Å². The van der Waals surface area contributed by atoms with E-state index in [-0.39, 0.29) is 5.91 Å². The Hall–Kier alpha value is -2.34. The van der Waals surface area contributed by atoms with Crippen LogP contribution in [0.4, 0.5) is 5.69 Å². The molecule has 4 rings (SSSR count). The molecular weight excluding hydrogens is 316 g/mol. The van der Waals surface area contributed by atoms with Gasteiger partial charge in [0.05, 0.1) is 0 Å². The van der Waals surface area contributed by atoms with Gasteiger partial charge < -0.3 is 10.1 Å². The summed E-state index contributed by atoms with van der Waals surface area (Å²) < 4.78 is 5.95. The highest BCUT2D eigenvalue weighted by Gasteiger charge is 2.22. The number of rotatable bonds is 5. The third-order valence-electron chi connectivity index (χ3n) is 5.12. The van der Waals surface area contributed by atoms with E-state index >= 15 is 0 Å². The quantitative estimate of drug-likeness (QED) is 0.878. The monoisotopic (exact) mass is 340 g/mol. The van der Waals surface area contributed by atoms with Crippen LogP contribution >= 0.6 is 0 Å². The number of aromatic nitrogens is 2. The van der Waals surface area contributed by atoms with Gasteiger partial charge in [0.1, 0.15) is 12.4 Å². The molecule has 2 aliphatic heterocycles. The van der Waals surface area contributed by atoms with Crippen molar-refractivity contribution in [3.8, 4) is 5.75 Å². The highest BCUT2D eigenvalue weighted by molar-refractivity contribution is 5.93. The fraction of sp³-hybridized carbons (Fsp3) is 0.474.